The van der Waals surface area contributed by atoms with Crippen molar-refractivity contribution in [1.29, 1.82) is 0 Å². The Morgan fingerprint density at radius 3 is 2.26 bits per heavy atom. The average Bonchev–Trinajstić information content (AvgIpc) is 2.51. The molecule has 2 N–H and O–H groups in total. The molecule has 4 nitrogen and oxygen atoms in total. The van der Waals surface area contributed by atoms with E-state index in [9.17, 15) is 9.90 Å². The van der Waals surface area contributed by atoms with Crippen LogP contribution < -0.4 is 5.32 Å². The number of likely N-dealkylation sites (N-methyl/N-ethyl adjacent to an activating group) is 1. The molecule has 1 aliphatic carbocycles. The maximum absolute atomic E-state index is 12.4. The second kappa shape index (κ2) is 7.93. The molecule has 1 amide bonds. The van der Waals surface area contributed by atoms with Crippen LogP contribution in [0.4, 0.5) is 5.69 Å². The molecule has 1 aliphatic rings. The molecule has 0 heterocycles. The quantitative estimate of drug-likeness (QED) is 0.877. The lowest BCUT2D eigenvalue weighted by Crippen LogP contribution is -2.40. The van der Waals surface area contributed by atoms with E-state index in [4.69, 9.17) is 0 Å². The normalized spacial score (nSPS) is 21.5. The number of rotatable bonds is 5. The second-order valence-electron chi connectivity index (χ2n) is 7.09. The molecule has 23 heavy (non-hydrogen) atoms. The maximum atomic E-state index is 12.4. The van der Waals surface area contributed by atoms with Crippen molar-refractivity contribution in [2.24, 2.45) is 5.92 Å². The number of aryl methyl sites for hydroxylation is 3. The van der Waals surface area contributed by atoms with E-state index in [2.05, 4.69) is 29.3 Å². The Morgan fingerprint density at radius 1 is 1.17 bits per heavy atom. The van der Waals surface area contributed by atoms with Crippen LogP contribution in [0.3, 0.4) is 0 Å². The Balaban J connectivity index is 1.90. The fourth-order valence-corrected chi connectivity index (χ4v) is 3.68. The van der Waals surface area contributed by atoms with Crippen molar-refractivity contribution in [3.05, 3.63) is 28.8 Å². The van der Waals surface area contributed by atoms with Crippen molar-refractivity contribution in [2.45, 2.75) is 52.5 Å². The van der Waals surface area contributed by atoms with Gasteiger partial charge in [0.05, 0.1) is 6.54 Å². The minimum Gasteiger partial charge on any atom is -0.396 e. The number of hydrogen-bond acceptors (Lipinski definition) is 3. The predicted molar refractivity (Wildman–Crippen MR) is 94.7 cm³/mol. The first-order chi connectivity index (χ1) is 10.9. The van der Waals surface area contributed by atoms with Crippen molar-refractivity contribution < 1.29 is 9.90 Å². The minimum absolute atomic E-state index is 0.0480. The lowest BCUT2D eigenvalue weighted by molar-refractivity contribution is -0.117. The average molecular weight is 318 g/mol. The lowest BCUT2D eigenvalue weighted by Gasteiger charge is -2.33. The molecule has 0 aliphatic heterocycles. The van der Waals surface area contributed by atoms with Crippen LogP contribution in [-0.2, 0) is 4.79 Å². The van der Waals surface area contributed by atoms with Gasteiger partial charge in [-0.15, -0.1) is 0 Å². The molecule has 0 bridgehead atoms. The van der Waals surface area contributed by atoms with Gasteiger partial charge >= 0.3 is 0 Å². The molecule has 1 aromatic rings. The lowest BCUT2D eigenvalue weighted by atomic mass is 9.86. The molecule has 0 saturated heterocycles. The number of amides is 1. The first-order valence-electron chi connectivity index (χ1n) is 8.59. The standard InChI is InChI=1S/C19H30N2O2/c1-13-9-14(2)19(15(3)10-13)20-18(23)11-21(4)17-7-5-16(12-22)6-8-17/h9-10,16-17,22H,5-8,11-12H2,1-4H3,(H,20,23). The van der Waals surface area contributed by atoms with Crippen molar-refractivity contribution >= 4 is 11.6 Å². The van der Waals surface area contributed by atoms with Gasteiger partial charge in [0.2, 0.25) is 5.91 Å². The summed E-state index contributed by atoms with van der Waals surface area (Å²) in [7, 11) is 2.03. The molecule has 2 rings (SSSR count). The van der Waals surface area contributed by atoms with Crippen molar-refractivity contribution in [3.8, 4) is 0 Å². The molecule has 0 atom stereocenters. The summed E-state index contributed by atoms with van der Waals surface area (Å²) in [6, 6.07) is 4.65. The van der Waals surface area contributed by atoms with Crippen molar-refractivity contribution in [3.63, 3.8) is 0 Å². The highest BCUT2D eigenvalue weighted by Gasteiger charge is 2.24. The van der Waals surface area contributed by atoms with E-state index in [1.54, 1.807) is 0 Å². The molecule has 1 fully saturated rings. The number of benzene rings is 1. The van der Waals surface area contributed by atoms with E-state index in [1.807, 2.05) is 20.9 Å². The van der Waals surface area contributed by atoms with Crippen LogP contribution in [0.2, 0.25) is 0 Å². The molecule has 1 saturated carbocycles. The van der Waals surface area contributed by atoms with Crippen LogP contribution in [0.25, 0.3) is 0 Å². The van der Waals surface area contributed by atoms with Gasteiger partial charge in [-0.05, 0) is 70.5 Å². The summed E-state index contributed by atoms with van der Waals surface area (Å²) in [5.74, 6) is 0.498. The highest BCUT2D eigenvalue weighted by atomic mass is 16.3. The number of aliphatic hydroxyl groups excluding tert-OH is 1. The summed E-state index contributed by atoms with van der Waals surface area (Å²) in [5, 5.41) is 12.3. The summed E-state index contributed by atoms with van der Waals surface area (Å²) >= 11 is 0. The zero-order valence-corrected chi connectivity index (χ0v) is 14.9. The van der Waals surface area contributed by atoms with Gasteiger partial charge in [0.25, 0.3) is 0 Å². The summed E-state index contributed by atoms with van der Waals surface area (Å²) in [6.45, 7) is 6.86. The van der Waals surface area contributed by atoms with Gasteiger partial charge in [0.15, 0.2) is 0 Å². The molecule has 0 radical (unpaired) electrons. The number of nitrogens with zero attached hydrogens (tertiary/aromatic N) is 1. The highest BCUT2D eigenvalue weighted by Crippen LogP contribution is 2.27. The van der Waals surface area contributed by atoms with Crippen LogP contribution in [0, 0.1) is 26.7 Å². The molecule has 1 aromatic carbocycles. The van der Waals surface area contributed by atoms with Crippen LogP contribution in [0.1, 0.15) is 42.4 Å². The van der Waals surface area contributed by atoms with Gasteiger partial charge < -0.3 is 10.4 Å². The van der Waals surface area contributed by atoms with E-state index in [0.717, 1.165) is 42.5 Å². The van der Waals surface area contributed by atoms with E-state index in [0.29, 0.717) is 25.1 Å². The predicted octanol–water partition coefficient (Wildman–Crippen LogP) is 3.03. The third-order valence-electron chi connectivity index (χ3n) is 5.03. The number of anilines is 1. The van der Waals surface area contributed by atoms with Crippen LogP contribution in [0.5, 0.6) is 0 Å². The Morgan fingerprint density at radius 2 is 1.74 bits per heavy atom. The zero-order valence-electron chi connectivity index (χ0n) is 14.9. The summed E-state index contributed by atoms with van der Waals surface area (Å²) in [4.78, 5) is 14.5. The van der Waals surface area contributed by atoms with Crippen molar-refractivity contribution in [2.75, 3.05) is 25.5 Å². The SMILES string of the molecule is Cc1cc(C)c(NC(=O)CN(C)C2CCC(CO)CC2)c(C)c1. The largest absolute Gasteiger partial charge is 0.396 e. The first-order valence-corrected chi connectivity index (χ1v) is 8.59. The van der Waals surface area contributed by atoms with Gasteiger partial charge in [-0.2, -0.15) is 0 Å². The van der Waals surface area contributed by atoms with Gasteiger partial charge in [0.1, 0.15) is 0 Å². The topological polar surface area (TPSA) is 52.6 Å². The fraction of sp³-hybridized carbons (Fsp3) is 0.632. The van der Waals surface area contributed by atoms with E-state index in [1.165, 1.54) is 5.56 Å². The second-order valence-corrected chi connectivity index (χ2v) is 7.09. The van der Waals surface area contributed by atoms with E-state index >= 15 is 0 Å². The molecular weight excluding hydrogens is 288 g/mol. The van der Waals surface area contributed by atoms with Gasteiger partial charge in [-0.3, -0.25) is 9.69 Å². The Bertz CT molecular complexity index is 525. The van der Waals surface area contributed by atoms with Crippen LogP contribution >= 0.6 is 0 Å². The number of hydrogen-bond donors (Lipinski definition) is 2. The van der Waals surface area contributed by atoms with E-state index < -0.39 is 0 Å². The summed E-state index contributed by atoms with van der Waals surface area (Å²) < 4.78 is 0. The third-order valence-corrected chi connectivity index (χ3v) is 5.03. The molecule has 0 spiro atoms. The van der Waals surface area contributed by atoms with Crippen molar-refractivity contribution in [1.82, 2.24) is 4.90 Å². The Labute approximate surface area is 139 Å². The van der Waals surface area contributed by atoms with Crippen LogP contribution in [-0.4, -0.2) is 42.2 Å². The highest BCUT2D eigenvalue weighted by molar-refractivity contribution is 5.93. The Kier molecular flexibility index (Phi) is 6.19. The first kappa shape index (κ1) is 18.0. The molecule has 0 unspecified atom stereocenters. The number of carbonyl (C=O) groups excluding carboxylic acids is 1. The third kappa shape index (κ3) is 4.79. The van der Waals surface area contributed by atoms with Crippen LogP contribution in [0.15, 0.2) is 12.1 Å². The van der Waals surface area contributed by atoms with E-state index in [-0.39, 0.29) is 5.91 Å². The molecular formula is C19H30N2O2. The molecule has 128 valence electrons. The summed E-state index contributed by atoms with van der Waals surface area (Å²) in [5.41, 5.74) is 4.39. The summed E-state index contributed by atoms with van der Waals surface area (Å²) in [6.07, 6.45) is 4.25. The van der Waals surface area contributed by atoms with Gasteiger partial charge in [-0.1, -0.05) is 17.7 Å². The smallest absolute Gasteiger partial charge is 0.238 e. The fourth-order valence-electron chi connectivity index (χ4n) is 3.68. The number of nitrogens with one attached hydrogen (secondary N) is 1. The van der Waals surface area contributed by atoms with Gasteiger partial charge in [-0.25, -0.2) is 0 Å². The minimum atomic E-state index is 0.0480. The Hall–Kier alpha value is -1.39. The molecule has 4 heteroatoms. The number of carbonyl (C=O) groups is 1. The molecule has 0 aromatic heterocycles. The monoisotopic (exact) mass is 318 g/mol. The maximum Gasteiger partial charge on any atom is 0.238 e. The van der Waals surface area contributed by atoms with Gasteiger partial charge in [0, 0.05) is 18.3 Å². The number of aliphatic hydroxyl groups is 1. The zero-order chi connectivity index (χ0) is 17.0.